The van der Waals surface area contributed by atoms with Crippen LogP contribution in [0.3, 0.4) is 0 Å². The van der Waals surface area contributed by atoms with Gasteiger partial charge in [0.1, 0.15) is 17.6 Å². The van der Waals surface area contributed by atoms with Crippen LogP contribution in [-0.4, -0.2) is 19.8 Å². The van der Waals surface area contributed by atoms with Crippen molar-refractivity contribution in [2.75, 3.05) is 13.7 Å². The summed E-state index contributed by atoms with van der Waals surface area (Å²) in [6, 6.07) is 4.21. The minimum absolute atomic E-state index is 0.272. The SMILES string of the molecule is COc1cc2c(cc1CNCC=C(C)C)OC(C)C2. The topological polar surface area (TPSA) is 30.5 Å². The van der Waals surface area contributed by atoms with Gasteiger partial charge >= 0.3 is 0 Å². The molecule has 1 atom stereocenters. The van der Waals surface area contributed by atoms with Gasteiger partial charge in [0, 0.05) is 30.6 Å². The Morgan fingerprint density at radius 1 is 1.47 bits per heavy atom. The van der Waals surface area contributed by atoms with Crippen molar-refractivity contribution >= 4 is 0 Å². The molecule has 0 saturated heterocycles. The first-order chi connectivity index (χ1) is 9.10. The lowest BCUT2D eigenvalue weighted by Gasteiger charge is -2.11. The quantitative estimate of drug-likeness (QED) is 0.652. The van der Waals surface area contributed by atoms with Gasteiger partial charge in [-0.15, -0.1) is 0 Å². The molecule has 1 aliphatic rings. The number of ether oxygens (including phenoxy) is 2. The second-order valence-electron chi connectivity index (χ2n) is 5.32. The van der Waals surface area contributed by atoms with Gasteiger partial charge in [-0.25, -0.2) is 0 Å². The fourth-order valence-corrected chi connectivity index (χ4v) is 2.29. The highest BCUT2D eigenvalue weighted by Gasteiger charge is 2.21. The molecule has 1 aromatic rings. The number of methoxy groups -OCH3 is 1. The van der Waals surface area contributed by atoms with E-state index in [-0.39, 0.29) is 6.10 Å². The molecule has 0 saturated carbocycles. The van der Waals surface area contributed by atoms with E-state index < -0.39 is 0 Å². The zero-order valence-electron chi connectivity index (χ0n) is 12.2. The van der Waals surface area contributed by atoms with Crippen LogP contribution in [0.5, 0.6) is 11.5 Å². The Labute approximate surface area is 115 Å². The third-order valence-electron chi connectivity index (χ3n) is 3.27. The number of rotatable bonds is 5. The Hall–Kier alpha value is -1.48. The van der Waals surface area contributed by atoms with E-state index in [2.05, 4.69) is 44.3 Å². The molecule has 1 N–H and O–H groups in total. The Balaban J connectivity index is 2.07. The Kier molecular flexibility index (Phi) is 4.48. The Morgan fingerprint density at radius 2 is 2.26 bits per heavy atom. The van der Waals surface area contributed by atoms with E-state index >= 15 is 0 Å². The molecule has 1 aliphatic heterocycles. The third kappa shape index (κ3) is 3.51. The highest BCUT2D eigenvalue weighted by molar-refractivity contribution is 5.48. The number of hydrogen-bond acceptors (Lipinski definition) is 3. The molecule has 3 heteroatoms. The lowest BCUT2D eigenvalue weighted by Crippen LogP contribution is -2.14. The van der Waals surface area contributed by atoms with Crippen molar-refractivity contribution in [1.82, 2.24) is 5.32 Å². The monoisotopic (exact) mass is 261 g/mol. The van der Waals surface area contributed by atoms with Crippen molar-refractivity contribution in [3.63, 3.8) is 0 Å². The molecule has 104 valence electrons. The number of fused-ring (bicyclic) bond motifs is 1. The molecule has 0 spiro atoms. The largest absolute Gasteiger partial charge is 0.496 e. The van der Waals surface area contributed by atoms with Crippen molar-refractivity contribution in [1.29, 1.82) is 0 Å². The number of hydrogen-bond donors (Lipinski definition) is 1. The van der Waals surface area contributed by atoms with E-state index in [1.54, 1.807) is 7.11 Å². The number of nitrogens with one attached hydrogen (secondary N) is 1. The fraction of sp³-hybridized carbons (Fsp3) is 0.500. The summed E-state index contributed by atoms with van der Waals surface area (Å²) in [5.41, 5.74) is 3.72. The molecule has 0 aromatic heterocycles. The van der Waals surface area contributed by atoms with Crippen LogP contribution in [0.1, 0.15) is 31.9 Å². The first-order valence-corrected chi connectivity index (χ1v) is 6.80. The molecule has 0 bridgehead atoms. The molecule has 0 aliphatic carbocycles. The summed E-state index contributed by atoms with van der Waals surface area (Å²) in [5.74, 6) is 1.95. The molecule has 0 fully saturated rings. The van der Waals surface area contributed by atoms with E-state index in [0.717, 1.165) is 36.6 Å². The summed E-state index contributed by atoms with van der Waals surface area (Å²) in [5, 5.41) is 3.40. The second kappa shape index (κ2) is 6.11. The average molecular weight is 261 g/mol. The van der Waals surface area contributed by atoms with Crippen molar-refractivity contribution in [3.8, 4) is 11.5 Å². The number of allylic oxidation sites excluding steroid dienone is 1. The van der Waals surface area contributed by atoms with Crippen LogP contribution in [0, 0.1) is 0 Å². The molecule has 1 heterocycles. The maximum Gasteiger partial charge on any atom is 0.123 e. The van der Waals surface area contributed by atoms with Crippen molar-refractivity contribution in [2.24, 2.45) is 0 Å². The van der Waals surface area contributed by atoms with Crippen molar-refractivity contribution in [3.05, 3.63) is 34.9 Å². The average Bonchev–Trinajstić information content (AvgIpc) is 2.72. The zero-order chi connectivity index (χ0) is 13.8. The van der Waals surface area contributed by atoms with E-state index in [9.17, 15) is 0 Å². The third-order valence-corrected chi connectivity index (χ3v) is 3.27. The van der Waals surface area contributed by atoms with Crippen LogP contribution in [0.4, 0.5) is 0 Å². The fourth-order valence-electron chi connectivity index (χ4n) is 2.29. The normalized spacial score (nSPS) is 16.7. The number of benzene rings is 1. The summed E-state index contributed by atoms with van der Waals surface area (Å²) in [4.78, 5) is 0. The van der Waals surface area contributed by atoms with E-state index in [0.29, 0.717) is 0 Å². The van der Waals surface area contributed by atoms with Crippen LogP contribution >= 0.6 is 0 Å². The van der Waals surface area contributed by atoms with Gasteiger partial charge < -0.3 is 14.8 Å². The maximum atomic E-state index is 5.80. The summed E-state index contributed by atoms with van der Waals surface area (Å²) >= 11 is 0. The highest BCUT2D eigenvalue weighted by Crippen LogP contribution is 2.34. The summed E-state index contributed by atoms with van der Waals surface area (Å²) < 4.78 is 11.3. The first-order valence-electron chi connectivity index (χ1n) is 6.80. The Bertz CT molecular complexity index is 476. The predicted octanol–water partition coefficient (Wildman–Crippen LogP) is 3.07. The summed E-state index contributed by atoms with van der Waals surface area (Å²) in [7, 11) is 1.72. The zero-order valence-corrected chi connectivity index (χ0v) is 12.2. The van der Waals surface area contributed by atoms with E-state index in [4.69, 9.17) is 9.47 Å². The smallest absolute Gasteiger partial charge is 0.123 e. The van der Waals surface area contributed by atoms with Crippen LogP contribution in [0.15, 0.2) is 23.8 Å². The molecule has 1 unspecified atom stereocenters. The summed E-state index contributed by atoms with van der Waals surface area (Å²) in [6.45, 7) is 7.97. The van der Waals surface area contributed by atoms with Gasteiger partial charge in [0.25, 0.3) is 0 Å². The van der Waals surface area contributed by atoms with Gasteiger partial charge in [0.15, 0.2) is 0 Å². The highest BCUT2D eigenvalue weighted by atomic mass is 16.5. The maximum absolute atomic E-state index is 5.80. The predicted molar refractivity (Wildman–Crippen MR) is 77.9 cm³/mol. The molecule has 0 radical (unpaired) electrons. The molecular weight excluding hydrogens is 238 g/mol. The summed E-state index contributed by atoms with van der Waals surface area (Å²) in [6.07, 6.45) is 3.42. The van der Waals surface area contributed by atoms with Gasteiger partial charge in [-0.2, -0.15) is 0 Å². The minimum atomic E-state index is 0.272. The molecule has 3 nitrogen and oxygen atoms in total. The van der Waals surface area contributed by atoms with Crippen LogP contribution in [-0.2, 0) is 13.0 Å². The molecule has 1 aromatic carbocycles. The van der Waals surface area contributed by atoms with Crippen LogP contribution in [0.2, 0.25) is 0 Å². The molecule has 0 amide bonds. The Morgan fingerprint density at radius 3 is 2.95 bits per heavy atom. The van der Waals surface area contributed by atoms with Crippen molar-refractivity contribution in [2.45, 2.75) is 39.8 Å². The van der Waals surface area contributed by atoms with Gasteiger partial charge in [0.05, 0.1) is 7.11 Å². The molecule has 19 heavy (non-hydrogen) atoms. The van der Waals surface area contributed by atoms with Gasteiger partial charge in [-0.1, -0.05) is 11.6 Å². The molecular formula is C16H23NO2. The first kappa shape index (κ1) is 13.9. The lowest BCUT2D eigenvalue weighted by atomic mass is 10.1. The second-order valence-corrected chi connectivity index (χ2v) is 5.32. The van der Waals surface area contributed by atoms with Crippen molar-refractivity contribution < 1.29 is 9.47 Å². The minimum Gasteiger partial charge on any atom is -0.496 e. The standard InChI is InChI=1S/C16H23NO2/c1-11(2)5-6-17-10-14-9-16-13(7-12(3)19-16)8-15(14)18-4/h5,8-9,12,17H,6-7,10H2,1-4H3. The van der Waals surface area contributed by atoms with Crippen LogP contribution < -0.4 is 14.8 Å². The van der Waals surface area contributed by atoms with Crippen LogP contribution in [0.25, 0.3) is 0 Å². The lowest BCUT2D eigenvalue weighted by molar-refractivity contribution is 0.254. The van der Waals surface area contributed by atoms with E-state index in [1.807, 2.05) is 0 Å². The van der Waals surface area contributed by atoms with E-state index in [1.165, 1.54) is 11.1 Å². The van der Waals surface area contributed by atoms with Gasteiger partial charge in [-0.3, -0.25) is 0 Å². The molecule has 2 rings (SSSR count). The van der Waals surface area contributed by atoms with Gasteiger partial charge in [0.2, 0.25) is 0 Å². The van der Waals surface area contributed by atoms with Gasteiger partial charge in [-0.05, 0) is 32.9 Å².